The van der Waals surface area contributed by atoms with Crippen LogP contribution in [-0.2, 0) is 0 Å². The maximum atomic E-state index is 13.9. The van der Waals surface area contributed by atoms with Gasteiger partial charge in [0.15, 0.2) is 0 Å². The number of hydrogen-bond donors (Lipinski definition) is 0. The molecule has 1 unspecified atom stereocenters. The van der Waals surface area contributed by atoms with Crippen molar-refractivity contribution in [3.05, 3.63) is 71.6 Å². The predicted molar refractivity (Wildman–Crippen MR) is 90.8 cm³/mol. The fraction of sp³-hybridized carbons (Fsp3) is 0.300. The molecule has 0 aromatic heterocycles. The molecular formula is C20H23F. The highest BCUT2D eigenvalue weighted by molar-refractivity contribution is 5.66. The summed E-state index contributed by atoms with van der Waals surface area (Å²) in [7, 11) is 0. The van der Waals surface area contributed by atoms with E-state index in [4.69, 9.17) is 0 Å². The molecule has 2 atom stereocenters. The normalized spacial score (nSPS) is 21.6. The van der Waals surface area contributed by atoms with Gasteiger partial charge in [0.1, 0.15) is 0 Å². The molecule has 0 N–H and O–H groups in total. The average molecular weight is 282 g/mol. The molecule has 0 fully saturated rings. The monoisotopic (exact) mass is 282 g/mol. The van der Waals surface area contributed by atoms with Crippen molar-refractivity contribution in [2.75, 3.05) is 0 Å². The molecule has 0 bridgehead atoms. The van der Waals surface area contributed by atoms with Crippen molar-refractivity contribution in [1.29, 1.82) is 0 Å². The van der Waals surface area contributed by atoms with Crippen molar-refractivity contribution in [3.63, 3.8) is 0 Å². The van der Waals surface area contributed by atoms with Gasteiger partial charge in [0.2, 0.25) is 0 Å². The van der Waals surface area contributed by atoms with Gasteiger partial charge in [-0.05, 0) is 48.9 Å². The quantitative estimate of drug-likeness (QED) is 0.576. The lowest BCUT2D eigenvalue weighted by atomic mass is 9.73. The second-order valence-corrected chi connectivity index (χ2v) is 5.90. The van der Waals surface area contributed by atoms with Gasteiger partial charge in [-0.25, -0.2) is 4.39 Å². The Labute approximate surface area is 127 Å². The highest BCUT2D eigenvalue weighted by Gasteiger charge is 2.30. The summed E-state index contributed by atoms with van der Waals surface area (Å²) >= 11 is 0. The largest absolute Gasteiger partial charge is 0.212 e. The molecule has 0 spiro atoms. The highest BCUT2D eigenvalue weighted by atomic mass is 19.1. The van der Waals surface area contributed by atoms with Gasteiger partial charge in [-0.3, -0.25) is 0 Å². The van der Waals surface area contributed by atoms with Gasteiger partial charge in [0.25, 0.3) is 0 Å². The van der Waals surface area contributed by atoms with Crippen molar-refractivity contribution in [2.45, 2.75) is 32.6 Å². The van der Waals surface area contributed by atoms with Crippen LogP contribution in [-0.4, -0.2) is 0 Å². The molecular weight excluding hydrogens is 259 g/mol. The van der Waals surface area contributed by atoms with E-state index >= 15 is 0 Å². The maximum Gasteiger partial charge on any atom is 0.0968 e. The van der Waals surface area contributed by atoms with E-state index in [9.17, 15) is 4.39 Å². The Morgan fingerprint density at radius 1 is 1.19 bits per heavy atom. The number of halogens is 1. The van der Waals surface area contributed by atoms with E-state index < -0.39 is 0 Å². The second-order valence-electron chi connectivity index (χ2n) is 5.90. The number of benzene rings is 1. The van der Waals surface area contributed by atoms with E-state index in [2.05, 4.69) is 51.8 Å². The predicted octanol–water partition coefficient (Wildman–Crippen LogP) is 6.20. The lowest BCUT2D eigenvalue weighted by Crippen LogP contribution is -2.18. The van der Waals surface area contributed by atoms with E-state index in [1.807, 2.05) is 12.2 Å². The Bertz CT molecular complexity index is 590. The van der Waals surface area contributed by atoms with E-state index in [0.717, 1.165) is 35.1 Å². The molecule has 110 valence electrons. The lowest BCUT2D eigenvalue weighted by Gasteiger charge is -2.31. The minimum absolute atomic E-state index is 0.0119. The summed E-state index contributed by atoms with van der Waals surface area (Å²) in [5.41, 5.74) is 5.71. The topological polar surface area (TPSA) is 0 Å². The van der Waals surface area contributed by atoms with Crippen molar-refractivity contribution in [3.8, 4) is 0 Å². The fourth-order valence-electron chi connectivity index (χ4n) is 3.28. The smallest absolute Gasteiger partial charge is 0.0968 e. The van der Waals surface area contributed by atoms with Gasteiger partial charge >= 0.3 is 0 Å². The first-order valence-corrected chi connectivity index (χ1v) is 7.39. The molecule has 1 aliphatic rings. The van der Waals surface area contributed by atoms with Crippen LogP contribution in [0.5, 0.6) is 0 Å². The van der Waals surface area contributed by atoms with Crippen LogP contribution in [0, 0.1) is 12.8 Å². The molecule has 21 heavy (non-hydrogen) atoms. The van der Waals surface area contributed by atoms with Gasteiger partial charge in [-0.2, -0.15) is 0 Å². The minimum atomic E-state index is -0.227. The van der Waals surface area contributed by atoms with Gasteiger partial charge in [0, 0.05) is 11.8 Å². The van der Waals surface area contributed by atoms with Gasteiger partial charge in [-0.1, -0.05) is 55.7 Å². The van der Waals surface area contributed by atoms with E-state index in [0.29, 0.717) is 0 Å². The van der Waals surface area contributed by atoms with Crippen molar-refractivity contribution < 1.29 is 4.39 Å². The molecule has 0 saturated carbocycles. The first-order valence-electron chi connectivity index (χ1n) is 7.39. The minimum Gasteiger partial charge on any atom is -0.212 e. The number of allylic oxidation sites excluding steroid dienone is 3. The molecule has 0 nitrogen and oxygen atoms in total. The molecule has 1 heteroatoms. The summed E-state index contributed by atoms with van der Waals surface area (Å²) < 4.78 is 13.9. The first-order chi connectivity index (χ1) is 9.97. The Kier molecular flexibility index (Phi) is 4.62. The number of rotatable bonds is 4. The standard InChI is InChI=1S/C20H23F/c1-6-16-10-14(4)11-17(7-2)20(16)19-12-13(3)8-9-18(19)15(5)21/h6-7,10-12,18-19H,1-2,5,8-9H2,3-4H3/t18-,19?/m0/s1. The van der Waals surface area contributed by atoms with Gasteiger partial charge < -0.3 is 0 Å². The van der Waals surface area contributed by atoms with E-state index in [1.165, 1.54) is 5.57 Å². The summed E-state index contributed by atoms with van der Waals surface area (Å²) in [5.74, 6) is -0.374. The molecule has 0 radical (unpaired) electrons. The molecule has 0 heterocycles. The number of aryl methyl sites for hydroxylation is 1. The number of hydrogen-bond acceptors (Lipinski definition) is 0. The van der Waals surface area contributed by atoms with Crippen LogP contribution in [0.15, 0.2) is 49.3 Å². The summed E-state index contributed by atoms with van der Waals surface area (Å²) in [6.45, 7) is 15.6. The van der Waals surface area contributed by atoms with Gasteiger partial charge in [-0.15, -0.1) is 0 Å². The summed E-state index contributed by atoms with van der Waals surface area (Å²) in [4.78, 5) is 0. The second kappa shape index (κ2) is 6.26. The van der Waals surface area contributed by atoms with Crippen molar-refractivity contribution in [1.82, 2.24) is 0 Å². The van der Waals surface area contributed by atoms with Crippen LogP contribution in [0.3, 0.4) is 0 Å². The fourth-order valence-corrected chi connectivity index (χ4v) is 3.28. The van der Waals surface area contributed by atoms with Crippen molar-refractivity contribution in [2.24, 2.45) is 5.92 Å². The Balaban J connectivity index is 2.67. The third-order valence-electron chi connectivity index (χ3n) is 4.31. The Hall–Kier alpha value is -1.89. The zero-order valence-electron chi connectivity index (χ0n) is 13.0. The lowest BCUT2D eigenvalue weighted by molar-refractivity contribution is 0.396. The molecule has 2 rings (SSSR count). The summed E-state index contributed by atoms with van der Waals surface area (Å²) in [6, 6.07) is 4.20. The Morgan fingerprint density at radius 3 is 2.24 bits per heavy atom. The van der Waals surface area contributed by atoms with Crippen molar-refractivity contribution >= 4 is 12.2 Å². The maximum absolute atomic E-state index is 13.9. The first kappa shape index (κ1) is 15.5. The van der Waals surface area contributed by atoms with Crippen LogP contribution in [0.2, 0.25) is 0 Å². The zero-order chi connectivity index (χ0) is 15.6. The molecule has 1 aliphatic carbocycles. The zero-order valence-corrected chi connectivity index (χ0v) is 13.0. The van der Waals surface area contributed by atoms with E-state index in [1.54, 1.807) is 0 Å². The van der Waals surface area contributed by atoms with Gasteiger partial charge in [0.05, 0.1) is 5.83 Å². The van der Waals surface area contributed by atoms with E-state index in [-0.39, 0.29) is 17.7 Å². The molecule has 0 saturated heterocycles. The Morgan fingerprint density at radius 2 is 1.76 bits per heavy atom. The highest BCUT2D eigenvalue weighted by Crippen LogP contribution is 2.43. The third kappa shape index (κ3) is 3.07. The molecule has 0 aliphatic heterocycles. The van der Waals surface area contributed by atoms with Crippen LogP contribution in [0.25, 0.3) is 12.2 Å². The average Bonchev–Trinajstić information content (AvgIpc) is 2.45. The molecule has 0 amide bonds. The van der Waals surface area contributed by atoms with Crippen LogP contribution >= 0.6 is 0 Å². The van der Waals surface area contributed by atoms with Crippen LogP contribution < -0.4 is 0 Å². The third-order valence-corrected chi connectivity index (χ3v) is 4.31. The summed E-state index contributed by atoms with van der Waals surface area (Å²) in [5, 5.41) is 0. The summed E-state index contributed by atoms with van der Waals surface area (Å²) in [6.07, 6.45) is 7.63. The molecule has 1 aromatic carbocycles. The SMILES string of the molecule is C=Cc1cc(C)cc(C=C)c1C1C=C(C)CC[C@H]1C(=C)F. The van der Waals surface area contributed by atoms with Crippen LogP contribution in [0.1, 0.15) is 47.9 Å². The van der Waals surface area contributed by atoms with Crippen LogP contribution in [0.4, 0.5) is 4.39 Å². The molecule has 1 aromatic rings.